The van der Waals surface area contributed by atoms with Crippen molar-refractivity contribution in [3.05, 3.63) is 12.7 Å². The predicted molar refractivity (Wildman–Crippen MR) is 84.7 cm³/mol. The van der Waals surface area contributed by atoms with Crippen LogP contribution in [0.2, 0.25) is 0 Å². The lowest BCUT2D eigenvalue weighted by Crippen LogP contribution is -2.48. The molecule has 0 aromatic carbocycles. The van der Waals surface area contributed by atoms with Gasteiger partial charge in [-0.1, -0.05) is 26.5 Å². The van der Waals surface area contributed by atoms with Crippen molar-refractivity contribution in [2.24, 2.45) is 5.92 Å². The monoisotopic (exact) mass is 329 g/mol. The largest absolute Gasteiger partial charge is 0.459 e. The number of rotatable bonds is 7. The van der Waals surface area contributed by atoms with E-state index in [1.165, 1.54) is 13.0 Å². The Kier molecular flexibility index (Phi) is 8.35. The van der Waals surface area contributed by atoms with E-state index in [9.17, 15) is 14.4 Å². The summed E-state index contributed by atoms with van der Waals surface area (Å²) in [7, 11) is 0. The molecule has 132 valence electrons. The number of carbonyl (C=O) groups is 3. The molecule has 2 unspecified atom stereocenters. The topological polar surface area (TPSA) is 90.9 Å². The normalized spacial score (nSPS) is 13.7. The van der Waals surface area contributed by atoms with E-state index in [-0.39, 0.29) is 12.5 Å². The van der Waals surface area contributed by atoms with Gasteiger partial charge in [0.25, 0.3) is 0 Å². The summed E-state index contributed by atoms with van der Waals surface area (Å²) in [5.74, 6) is -1.65. The van der Waals surface area contributed by atoms with Crippen molar-refractivity contribution in [2.45, 2.75) is 59.3 Å². The molecule has 2 atom stereocenters. The van der Waals surface area contributed by atoms with E-state index in [1.807, 2.05) is 0 Å². The van der Waals surface area contributed by atoms with E-state index < -0.39 is 35.8 Å². The highest BCUT2D eigenvalue weighted by molar-refractivity contribution is 5.84. The highest BCUT2D eigenvalue weighted by atomic mass is 16.6. The van der Waals surface area contributed by atoms with Gasteiger partial charge in [-0.2, -0.15) is 0 Å². The summed E-state index contributed by atoms with van der Waals surface area (Å²) in [6, 6.07) is -0.931. The van der Waals surface area contributed by atoms with E-state index >= 15 is 0 Å². The first kappa shape index (κ1) is 20.9. The Morgan fingerprint density at radius 1 is 1.13 bits per heavy atom. The molecule has 0 aliphatic carbocycles. The summed E-state index contributed by atoms with van der Waals surface area (Å²) < 4.78 is 15.0. The maximum Gasteiger partial charge on any atom is 0.408 e. The van der Waals surface area contributed by atoms with E-state index in [2.05, 4.69) is 11.9 Å². The highest BCUT2D eigenvalue weighted by Crippen LogP contribution is 2.10. The first-order valence-electron chi connectivity index (χ1n) is 7.45. The second-order valence-corrected chi connectivity index (χ2v) is 6.37. The van der Waals surface area contributed by atoms with Crippen LogP contribution in [-0.4, -0.2) is 42.4 Å². The first-order chi connectivity index (χ1) is 10.5. The van der Waals surface area contributed by atoms with Gasteiger partial charge in [-0.3, -0.25) is 0 Å². The van der Waals surface area contributed by atoms with E-state index in [1.54, 1.807) is 34.6 Å². The number of amides is 1. The molecule has 1 N–H and O–H groups in total. The Morgan fingerprint density at radius 2 is 1.70 bits per heavy atom. The van der Waals surface area contributed by atoms with Crippen molar-refractivity contribution in [3.8, 4) is 0 Å². The van der Waals surface area contributed by atoms with E-state index in [0.717, 1.165) is 0 Å². The molecule has 0 saturated carbocycles. The minimum Gasteiger partial charge on any atom is -0.459 e. The fraction of sp³-hybridized carbons (Fsp3) is 0.688. The number of alkyl carbamates (subject to hydrolysis) is 1. The Bertz CT molecular complexity index is 438. The Morgan fingerprint density at radius 3 is 2.13 bits per heavy atom. The predicted octanol–water partition coefficient (Wildman–Crippen LogP) is 2.20. The molecule has 0 aromatic rings. The number of hydrogen-bond donors (Lipinski definition) is 1. The third-order valence-electron chi connectivity index (χ3n) is 2.56. The van der Waals surface area contributed by atoms with Crippen LogP contribution in [0.4, 0.5) is 4.79 Å². The second-order valence-electron chi connectivity index (χ2n) is 6.37. The van der Waals surface area contributed by atoms with Crippen molar-refractivity contribution >= 4 is 18.0 Å². The van der Waals surface area contributed by atoms with Crippen molar-refractivity contribution in [2.75, 3.05) is 6.61 Å². The summed E-state index contributed by atoms with van der Waals surface area (Å²) in [5, 5.41) is 2.46. The van der Waals surface area contributed by atoms with Crippen LogP contribution in [0.25, 0.3) is 0 Å². The minimum absolute atomic E-state index is 0.0322. The van der Waals surface area contributed by atoms with Crippen molar-refractivity contribution in [1.82, 2.24) is 5.32 Å². The van der Waals surface area contributed by atoms with E-state index in [0.29, 0.717) is 0 Å². The average Bonchev–Trinajstić information content (AvgIpc) is 2.39. The quantitative estimate of drug-likeness (QED) is 0.437. The van der Waals surface area contributed by atoms with Gasteiger partial charge in [-0.25, -0.2) is 14.4 Å². The van der Waals surface area contributed by atoms with Crippen LogP contribution in [0.5, 0.6) is 0 Å². The third-order valence-corrected chi connectivity index (χ3v) is 2.56. The van der Waals surface area contributed by atoms with Gasteiger partial charge < -0.3 is 19.5 Å². The van der Waals surface area contributed by atoms with Gasteiger partial charge in [0.15, 0.2) is 6.10 Å². The average molecular weight is 329 g/mol. The standard InChI is InChI=1S/C16H27NO6/c1-8-9-21-13(18)11(4)22-14(19)12(10(2)3)17-15(20)23-16(5,6)7/h8,10-12H,1,9H2,2-7H3,(H,17,20). The molecule has 0 spiro atoms. The van der Waals surface area contributed by atoms with Crippen LogP contribution in [0, 0.1) is 5.92 Å². The summed E-state index contributed by atoms with van der Waals surface area (Å²) >= 11 is 0. The summed E-state index contributed by atoms with van der Waals surface area (Å²) in [4.78, 5) is 35.5. The molecule has 0 heterocycles. The van der Waals surface area contributed by atoms with Crippen LogP contribution in [0.3, 0.4) is 0 Å². The molecule has 7 nitrogen and oxygen atoms in total. The molecule has 0 rings (SSSR count). The lowest BCUT2D eigenvalue weighted by atomic mass is 10.1. The molecule has 0 fully saturated rings. The zero-order valence-corrected chi connectivity index (χ0v) is 14.7. The molecule has 0 aliphatic rings. The van der Waals surface area contributed by atoms with Gasteiger partial charge in [-0.05, 0) is 33.6 Å². The second kappa shape index (κ2) is 9.17. The molecule has 0 aromatic heterocycles. The lowest BCUT2D eigenvalue weighted by Gasteiger charge is -2.25. The SMILES string of the molecule is C=CCOC(=O)C(C)OC(=O)C(NC(=O)OC(C)(C)C)C(C)C. The summed E-state index contributed by atoms with van der Waals surface area (Å²) in [6.07, 6.45) is -0.396. The van der Waals surface area contributed by atoms with Gasteiger partial charge in [0.05, 0.1) is 0 Å². The molecule has 0 radical (unpaired) electrons. The first-order valence-corrected chi connectivity index (χ1v) is 7.45. The van der Waals surface area contributed by atoms with E-state index in [4.69, 9.17) is 14.2 Å². The minimum atomic E-state index is -1.08. The van der Waals surface area contributed by atoms with Crippen molar-refractivity contribution in [1.29, 1.82) is 0 Å². The maximum atomic E-state index is 12.2. The van der Waals surface area contributed by atoms with Gasteiger partial charge in [0.2, 0.25) is 0 Å². The lowest BCUT2D eigenvalue weighted by molar-refractivity contribution is -0.167. The van der Waals surface area contributed by atoms with Crippen LogP contribution >= 0.6 is 0 Å². The van der Waals surface area contributed by atoms with Gasteiger partial charge in [0.1, 0.15) is 18.2 Å². The van der Waals surface area contributed by atoms with Gasteiger partial charge in [0, 0.05) is 0 Å². The molecule has 7 heteroatoms. The smallest absolute Gasteiger partial charge is 0.408 e. The zero-order chi connectivity index (χ0) is 18.2. The molecule has 0 saturated heterocycles. The molecular weight excluding hydrogens is 302 g/mol. The zero-order valence-electron chi connectivity index (χ0n) is 14.7. The Labute approximate surface area is 137 Å². The third kappa shape index (κ3) is 8.85. The number of ether oxygens (including phenoxy) is 3. The van der Waals surface area contributed by atoms with Gasteiger partial charge in [-0.15, -0.1) is 0 Å². The molecular formula is C16H27NO6. The van der Waals surface area contributed by atoms with Crippen molar-refractivity contribution in [3.63, 3.8) is 0 Å². The summed E-state index contributed by atoms with van der Waals surface area (Å²) in [5.41, 5.74) is -0.683. The molecule has 23 heavy (non-hydrogen) atoms. The number of nitrogens with one attached hydrogen (secondary N) is 1. The molecule has 0 bridgehead atoms. The maximum absolute atomic E-state index is 12.2. The fourth-order valence-corrected chi connectivity index (χ4v) is 1.49. The van der Waals surface area contributed by atoms with Crippen LogP contribution < -0.4 is 5.32 Å². The van der Waals surface area contributed by atoms with Crippen LogP contribution in [0.1, 0.15) is 41.5 Å². The number of esters is 2. The Hall–Kier alpha value is -2.05. The fourth-order valence-electron chi connectivity index (χ4n) is 1.49. The summed E-state index contributed by atoms with van der Waals surface area (Å²) in [6.45, 7) is 13.5. The van der Waals surface area contributed by atoms with Crippen LogP contribution in [-0.2, 0) is 23.8 Å². The molecule has 1 amide bonds. The number of hydrogen-bond acceptors (Lipinski definition) is 6. The molecule has 0 aliphatic heterocycles. The highest BCUT2D eigenvalue weighted by Gasteiger charge is 2.30. The van der Waals surface area contributed by atoms with Gasteiger partial charge >= 0.3 is 18.0 Å². The van der Waals surface area contributed by atoms with Crippen molar-refractivity contribution < 1.29 is 28.6 Å². The number of carbonyl (C=O) groups excluding carboxylic acids is 3. The Balaban J connectivity index is 4.71. The van der Waals surface area contributed by atoms with Crippen LogP contribution in [0.15, 0.2) is 12.7 Å².